The Morgan fingerprint density at radius 1 is 1.38 bits per heavy atom. The first-order valence-electron chi connectivity index (χ1n) is 5.00. The minimum atomic E-state index is -0.486. The SMILES string of the molecule is CCCCCc1ccc(C(C)O)o1. The molecule has 1 aromatic heterocycles. The van der Waals surface area contributed by atoms with E-state index >= 15 is 0 Å². The molecule has 1 heterocycles. The molecule has 0 saturated carbocycles. The molecule has 1 atom stereocenters. The quantitative estimate of drug-likeness (QED) is 0.710. The van der Waals surface area contributed by atoms with Gasteiger partial charge >= 0.3 is 0 Å². The van der Waals surface area contributed by atoms with Gasteiger partial charge in [-0.25, -0.2) is 0 Å². The number of hydrogen-bond acceptors (Lipinski definition) is 2. The summed E-state index contributed by atoms with van der Waals surface area (Å²) in [5.41, 5.74) is 0. The zero-order valence-electron chi connectivity index (χ0n) is 8.42. The lowest BCUT2D eigenvalue weighted by Gasteiger charge is -1.98. The maximum absolute atomic E-state index is 9.21. The summed E-state index contributed by atoms with van der Waals surface area (Å²) in [6.07, 6.45) is 4.14. The molecule has 74 valence electrons. The topological polar surface area (TPSA) is 33.4 Å². The van der Waals surface area contributed by atoms with E-state index in [0.717, 1.165) is 12.2 Å². The molecule has 13 heavy (non-hydrogen) atoms. The highest BCUT2D eigenvalue weighted by Gasteiger charge is 2.06. The van der Waals surface area contributed by atoms with Gasteiger partial charge in [0.05, 0.1) is 0 Å². The monoisotopic (exact) mass is 182 g/mol. The number of aliphatic hydroxyl groups is 1. The molecule has 0 bridgehead atoms. The maximum Gasteiger partial charge on any atom is 0.132 e. The van der Waals surface area contributed by atoms with Gasteiger partial charge in [0.2, 0.25) is 0 Å². The first-order valence-corrected chi connectivity index (χ1v) is 5.00. The fourth-order valence-corrected chi connectivity index (χ4v) is 1.30. The van der Waals surface area contributed by atoms with Crippen molar-refractivity contribution in [2.45, 2.75) is 45.6 Å². The summed E-state index contributed by atoms with van der Waals surface area (Å²) in [6.45, 7) is 3.90. The molecule has 1 aromatic rings. The van der Waals surface area contributed by atoms with E-state index in [1.807, 2.05) is 12.1 Å². The van der Waals surface area contributed by atoms with Crippen LogP contribution in [0.4, 0.5) is 0 Å². The van der Waals surface area contributed by atoms with Crippen LogP contribution in [-0.2, 0) is 6.42 Å². The van der Waals surface area contributed by atoms with Crippen LogP contribution in [0.3, 0.4) is 0 Å². The Labute approximate surface area is 79.6 Å². The minimum absolute atomic E-state index is 0.486. The highest BCUT2D eigenvalue weighted by molar-refractivity contribution is 5.08. The fourth-order valence-electron chi connectivity index (χ4n) is 1.30. The molecule has 0 aliphatic heterocycles. The number of aliphatic hydroxyl groups excluding tert-OH is 1. The van der Waals surface area contributed by atoms with Crippen molar-refractivity contribution in [3.63, 3.8) is 0 Å². The third kappa shape index (κ3) is 3.23. The van der Waals surface area contributed by atoms with Crippen LogP contribution in [0, 0.1) is 0 Å². The van der Waals surface area contributed by atoms with Gasteiger partial charge in [-0.3, -0.25) is 0 Å². The van der Waals surface area contributed by atoms with Gasteiger partial charge in [0.1, 0.15) is 17.6 Å². The molecular formula is C11H18O2. The molecule has 0 aromatic carbocycles. The fraction of sp³-hybridized carbons (Fsp3) is 0.636. The second-order valence-corrected chi connectivity index (χ2v) is 3.44. The van der Waals surface area contributed by atoms with Crippen LogP contribution < -0.4 is 0 Å². The molecule has 0 amide bonds. The zero-order chi connectivity index (χ0) is 9.68. The summed E-state index contributed by atoms with van der Waals surface area (Å²) < 4.78 is 5.44. The summed E-state index contributed by atoms with van der Waals surface area (Å²) in [4.78, 5) is 0. The molecule has 1 N–H and O–H groups in total. The van der Waals surface area contributed by atoms with Crippen LogP contribution in [0.2, 0.25) is 0 Å². The van der Waals surface area contributed by atoms with Crippen molar-refractivity contribution in [3.05, 3.63) is 23.7 Å². The molecule has 0 radical (unpaired) electrons. The van der Waals surface area contributed by atoms with E-state index in [-0.39, 0.29) is 0 Å². The molecule has 0 spiro atoms. The predicted molar refractivity (Wildman–Crippen MR) is 52.6 cm³/mol. The lowest BCUT2D eigenvalue weighted by molar-refractivity contribution is 0.167. The van der Waals surface area contributed by atoms with Crippen LogP contribution in [0.1, 0.15) is 50.7 Å². The Bertz CT molecular complexity index is 238. The summed E-state index contributed by atoms with van der Waals surface area (Å²) >= 11 is 0. The summed E-state index contributed by atoms with van der Waals surface area (Å²) in [5.74, 6) is 1.66. The number of furan rings is 1. The summed E-state index contributed by atoms with van der Waals surface area (Å²) in [7, 11) is 0. The Kier molecular flexibility index (Phi) is 4.03. The van der Waals surface area contributed by atoms with Gasteiger partial charge < -0.3 is 9.52 Å². The first-order chi connectivity index (χ1) is 6.24. The Morgan fingerprint density at radius 2 is 2.15 bits per heavy atom. The number of hydrogen-bond donors (Lipinski definition) is 1. The molecule has 2 nitrogen and oxygen atoms in total. The highest BCUT2D eigenvalue weighted by Crippen LogP contribution is 2.17. The van der Waals surface area contributed by atoms with E-state index in [0.29, 0.717) is 5.76 Å². The van der Waals surface area contributed by atoms with Crippen LogP contribution in [0.15, 0.2) is 16.5 Å². The molecular weight excluding hydrogens is 164 g/mol. The van der Waals surface area contributed by atoms with Crippen molar-refractivity contribution < 1.29 is 9.52 Å². The normalized spacial score (nSPS) is 13.2. The molecule has 0 fully saturated rings. The van der Waals surface area contributed by atoms with Crippen LogP contribution >= 0.6 is 0 Å². The Hall–Kier alpha value is -0.760. The lowest BCUT2D eigenvalue weighted by Crippen LogP contribution is -1.86. The summed E-state index contributed by atoms with van der Waals surface area (Å²) in [6, 6.07) is 3.81. The maximum atomic E-state index is 9.21. The molecule has 0 saturated heterocycles. The minimum Gasteiger partial charge on any atom is -0.463 e. The van der Waals surface area contributed by atoms with E-state index < -0.39 is 6.10 Å². The van der Waals surface area contributed by atoms with Crippen molar-refractivity contribution in [3.8, 4) is 0 Å². The molecule has 1 rings (SSSR count). The van der Waals surface area contributed by atoms with E-state index in [1.165, 1.54) is 19.3 Å². The van der Waals surface area contributed by atoms with E-state index in [2.05, 4.69) is 6.92 Å². The number of rotatable bonds is 5. The van der Waals surface area contributed by atoms with Crippen molar-refractivity contribution in [2.24, 2.45) is 0 Å². The van der Waals surface area contributed by atoms with Gasteiger partial charge in [0.15, 0.2) is 0 Å². The first kappa shape index (κ1) is 10.3. The van der Waals surface area contributed by atoms with Crippen molar-refractivity contribution >= 4 is 0 Å². The predicted octanol–water partition coefficient (Wildman–Crippen LogP) is 3.07. The molecule has 2 heteroatoms. The third-order valence-electron chi connectivity index (χ3n) is 2.12. The van der Waals surface area contributed by atoms with Gasteiger partial charge in [-0.05, 0) is 25.5 Å². The van der Waals surface area contributed by atoms with E-state index in [4.69, 9.17) is 4.42 Å². The van der Waals surface area contributed by atoms with Gasteiger partial charge in [-0.1, -0.05) is 19.8 Å². The largest absolute Gasteiger partial charge is 0.463 e. The van der Waals surface area contributed by atoms with E-state index in [9.17, 15) is 5.11 Å². The lowest BCUT2D eigenvalue weighted by atomic mass is 10.2. The van der Waals surface area contributed by atoms with Gasteiger partial charge in [-0.15, -0.1) is 0 Å². The molecule has 1 unspecified atom stereocenters. The number of unbranched alkanes of at least 4 members (excludes halogenated alkanes) is 2. The highest BCUT2D eigenvalue weighted by atomic mass is 16.4. The van der Waals surface area contributed by atoms with Gasteiger partial charge in [0, 0.05) is 6.42 Å². The van der Waals surface area contributed by atoms with Crippen molar-refractivity contribution in [1.82, 2.24) is 0 Å². The molecule has 0 aliphatic rings. The Balaban J connectivity index is 2.40. The van der Waals surface area contributed by atoms with Gasteiger partial charge in [-0.2, -0.15) is 0 Å². The Morgan fingerprint density at radius 3 is 2.69 bits per heavy atom. The average molecular weight is 182 g/mol. The second-order valence-electron chi connectivity index (χ2n) is 3.44. The van der Waals surface area contributed by atoms with Crippen molar-refractivity contribution in [1.29, 1.82) is 0 Å². The van der Waals surface area contributed by atoms with Crippen LogP contribution in [0.5, 0.6) is 0 Å². The van der Waals surface area contributed by atoms with Crippen molar-refractivity contribution in [2.75, 3.05) is 0 Å². The molecule has 0 aliphatic carbocycles. The van der Waals surface area contributed by atoms with Gasteiger partial charge in [0.25, 0.3) is 0 Å². The standard InChI is InChI=1S/C11H18O2/c1-3-4-5-6-10-7-8-11(13-10)9(2)12/h7-9,12H,3-6H2,1-2H3. The average Bonchev–Trinajstić information content (AvgIpc) is 2.53. The second kappa shape index (κ2) is 5.07. The summed E-state index contributed by atoms with van der Waals surface area (Å²) in [5, 5.41) is 9.21. The van der Waals surface area contributed by atoms with Crippen LogP contribution in [-0.4, -0.2) is 5.11 Å². The van der Waals surface area contributed by atoms with Crippen LogP contribution in [0.25, 0.3) is 0 Å². The third-order valence-corrected chi connectivity index (χ3v) is 2.12. The van der Waals surface area contributed by atoms with E-state index in [1.54, 1.807) is 6.92 Å². The zero-order valence-corrected chi connectivity index (χ0v) is 8.42. The number of aryl methyl sites for hydroxylation is 1. The smallest absolute Gasteiger partial charge is 0.132 e.